The number of ether oxygens (including phenoxy) is 1. The van der Waals surface area contributed by atoms with Crippen LogP contribution in [0.4, 0.5) is 0 Å². The number of benzene rings is 2. The number of carbonyl (C=O) groups is 1. The fourth-order valence-corrected chi connectivity index (χ4v) is 5.03. The first-order chi connectivity index (χ1) is 14.7. The number of aliphatic hydroxyl groups excluding tert-OH is 1. The third-order valence-corrected chi connectivity index (χ3v) is 6.65. The largest absolute Gasteiger partial charge is 0.482 e. The number of fused-ring (bicyclic) bond motifs is 1. The van der Waals surface area contributed by atoms with Crippen LogP contribution in [0.3, 0.4) is 0 Å². The monoisotopic (exact) mass is 446 g/mol. The lowest BCUT2D eigenvalue weighted by atomic mass is 9.99. The van der Waals surface area contributed by atoms with Crippen molar-refractivity contribution in [3.05, 3.63) is 59.2 Å². The van der Waals surface area contributed by atoms with Gasteiger partial charge in [-0.1, -0.05) is 36.4 Å². The van der Waals surface area contributed by atoms with Gasteiger partial charge in [0.15, 0.2) is 16.4 Å². The molecular formula is C23H30N2O5S. The molecule has 0 radical (unpaired) electrons. The van der Waals surface area contributed by atoms with Gasteiger partial charge >= 0.3 is 0 Å². The Kier molecular flexibility index (Phi) is 7.69. The molecule has 1 aliphatic rings. The smallest absolute Gasteiger partial charge is 0.257 e. The molecule has 0 fully saturated rings. The van der Waals surface area contributed by atoms with E-state index in [-0.39, 0.29) is 23.2 Å². The van der Waals surface area contributed by atoms with Crippen LogP contribution in [0.15, 0.2) is 47.4 Å². The molecule has 1 heterocycles. The number of aliphatic hydroxyl groups is 1. The number of aryl methyl sites for hydroxylation is 1. The van der Waals surface area contributed by atoms with Gasteiger partial charge in [0.2, 0.25) is 0 Å². The minimum absolute atomic E-state index is 0.0985. The van der Waals surface area contributed by atoms with Crippen molar-refractivity contribution < 1.29 is 23.1 Å². The summed E-state index contributed by atoms with van der Waals surface area (Å²) in [7, 11) is -3.47. The third-order valence-electron chi connectivity index (χ3n) is 5.38. The molecule has 1 amide bonds. The minimum atomic E-state index is -3.47. The molecule has 7 nitrogen and oxygen atoms in total. The summed E-state index contributed by atoms with van der Waals surface area (Å²) >= 11 is 0. The van der Waals surface area contributed by atoms with Gasteiger partial charge in [-0.3, -0.25) is 9.69 Å². The van der Waals surface area contributed by atoms with E-state index in [1.165, 1.54) is 17.2 Å². The Labute approximate surface area is 184 Å². The maximum absolute atomic E-state index is 12.1. The number of sulfone groups is 1. The van der Waals surface area contributed by atoms with Crippen molar-refractivity contribution in [3.8, 4) is 5.75 Å². The van der Waals surface area contributed by atoms with Crippen LogP contribution >= 0.6 is 0 Å². The Hall–Kier alpha value is -2.42. The summed E-state index contributed by atoms with van der Waals surface area (Å²) in [4.78, 5) is 14.4. The molecule has 1 atom stereocenters. The van der Waals surface area contributed by atoms with Crippen molar-refractivity contribution in [3.63, 3.8) is 0 Å². The molecule has 3 rings (SSSR count). The molecule has 2 aromatic rings. The van der Waals surface area contributed by atoms with E-state index < -0.39 is 15.9 Å². The average Bonchev–Trinajstić information content (AvgIpc) is 2.71. The topological polar surface area (TPSA) is 95.9 Å². The van der Waals surface area contributed by atoms with Gasteiger partial charge < -0.3 is 15.2 Å². The quantitative estimate of drug-likeness (QED) is 0.609. The molecule has 2 N–H and O–H groups in total. The van der Waals surface area contributed by atoms with E-state index in [2.05, 4.69) is 28.4 Å². The van der Waals surface area contributed by atoms with Crippen molar-refractivity contribution in [2.24, 2.45) is 0 Å². The first-order valence-corrected chi connectivity index (χ1v) is 12.3. The lowest BCUT2D eigenvalue weighted by molar-refractivity contribution is -0.123. The van der Waals surface area contributed by atoms with Crippen LogP contribution in [0.2, 0.25) is 0 Å². The standard InChI is InChI=1S/C23H30N2O5S/c1-17-6-5-9-21(23(17)31(2,28)29)30-16-22(27)24-12-10-20(26)15-25-13-11-18-7-3-4-8-19(18)14-25/h3-9,20,26H,10-16H2,1-2H3,(H,24,27). The van der Waals surface area contributed by atoms with Crippen LogP contribution in [-0.4, -0.2) is 62.9 Å². The lowest BCUT2D eigenvalue weighted by Crippen LogP contribution is -2.38. The van der Waals surface area contributed by atoms with E-state index in [1.54, 1.807) is 19.1 Å². The molecule has 0 saturated heterocycles. The highest BCUT2D eigenvalue weighted by molar-refractivity contribution is 7.90. The maximum atomic E-state index is 12.1. The minimum Gasteiger partial charge on any atom is -0.482 e. The van der Waals surface area contributed by atoms with Crippen LogP contribution in [0, 0.1) is 6.92 Å². The molecule has 0 aromatic heterocycles. The normalized spacial score (nSPS) is 15.2. The van der Waals surface area contributed by atoms with Crippen LogP contribution in [0.5, 0.6) is 5.75 Å². The molecule has 1 unspecified atom stereocenters. The number of hydrogen-bond acceptors (Lipinski definition) is 6. The highest BCUT2D eigenvalue weighted by atomic mass is 32.2. The van der Waals surface area contributed by atoms with Crippen molar-refractivity contribution in [2.75, 3.05) is 32.5 Å². The summed E-state index contributed by atoms with van der Waals surface area (Å²) in [6, 6.07) is 13.3. The summed E-state index contributed by atoms with van der Waals surface area (Å²) in [5.41, 5.74) is 3.24. The first-order valence-electron chi connectivity index (χ1n) is 10.4. The fraction of sp³-hybridized carbons (Fsp3) is 0.435. The van der Waals surface area contributed by atoms with Gasteiger partial charge in [-0.05, 0) is 42.5 Å². The molecule has 0 aliphatic carbocycles. The highest BCUT2D eigenvalue weighted by Crippen LogP contribution is 2.27. The Morgan fingerprint density at radius 1 is 1.19 bits per heavy atom. The van der Waals surface area contributed by atoms with Gasteiger partial charge in [0.1, 0.15) is 10.6 Å². The average molecular weight is 447 g/mol. The molecule has 0 saturated carbocycles. The first kappa shape index (κ1) is 23.2. The second-order valence-electron chi connectivity index (χ2n) is 8.01. The van der Waals surface area contributed by atoms with Crippen molar-refractivity contribution in [1.82, 2.24) is 10.2 Å². The van der Waals surface area contributed by atoms with Gasteiger partial charge in [0.25, 0.3) is 5.91 Å². The molecule has 8 heteroatoms. The maximum Gasteiger partial charge on any atom is 0.257 e. The molecule has 1 aliphatic heterocycles. The summed E-state index contributed by atoms with van der Waals surface area (Å²) in [6.45, 7) is 4.01. The van der Waals surface area contributed by atoms with Crippen LogP contribution in [-0.2, 0) is 27.6 Å². The number of β-amino-alcohol motifs (C(OH)–C–C–N with tert-alkyl or cyclic N) is 1. The summed E-state index contributed by atoms with van der Waals surface area (Å²) in [5.74, 6) is -0.192. The van der Waals surface area contributed by atoms with Crippen molar-refractivity contribution >= 4 is 15.7 Å². The predicted octanol–water partition coefficient (Wildman–Crippen LogP) is 1.70. The number of amides is 1. The second-order valence-corrected chi connectivity index (χ2v) is 9.96. The Morgan fingerprint density at radius 2 is 1.94 bits per heavy atom. The number of nitrogens with one attached hydrogen (secondary N) is 1. The number of hydrogen-bond donors (Lipinski definition) is 2. The van der Waals surface area contributed by atoms with E-state index in [1.807, 2.05) is 6.07 Å². The lowest BCUT2D eigenvalue weighted by Gasteiger charge is -2.30. The van der Waals surface area contributed by atoms with Gasteiger partial charge in [0, 0.05) is 32.4 Å². The summed E-state index contributed by atoms with van der Waals surface area (Å²) < 4.78 is 29.4. The molecule has 31 heavy (non-hydrogen) atoms. The molecular weight excluding hydrogens is 416 g/mol. The summed E-state index contributed by atoms with van der Waals surface area (Å²) in [6.07, 6.45) is 1.99. The van der Waals surface area contributed by atoms with E-state index in [9.17, 15) is 18.3 Å². The van der Waals surface area contributed by atoms with Crippen LogP contribution in [0.25, 0.3) is 0 Å². The Bertz CT molecular complexity index is 1020. The van der Waals surface area contributed by atoms with E-state index in [0.717, 1.165) is 25.8 Å². The molecule has 0 bridgehead atoms. The van der Waals surface area contributed by atoms with Crippen molar-refractivity contribution in [2.45, 2.75) is 37.3 Å². The van der Waals surface area contributed by atoms with Gasteiger partial charge in [-0.2, -0.15) is 0 Å². The third kappa shape index (κ3) is 6.53. The van der Waals surface area contributed by atoms with Gasteiger partial charge in [-0.25, -0.2) is 8.42 Å². The van der Waals surface area contributed by atoms with E-state index >= 15 is 0 Å². The zero-order valence-electron chi connectivity index (χ0n) is 18.0. The van der Waals surface area contributed by atoms with Crippen molar-refractivity contribution in [1.29, 1.82) is 0 Å². The zero-order valence-corrected chi connectivity index (χ0v) is 18.8. The second kappa shape index (κ2) is 10.3. The fourth-order valence-electron chi connectivity index (χ4n) is 3.89. The SMILES string of the molecule is Cc1cccc(OCC(=O)NCCC(O)CN2CCc3ccccc3C2)c1S(C)(=O)=O. The molecule has 0 spiro atoms. The molecule has 168 valence electrons. The highest BCUT2D eigenvalue weighted by Gasteiger charge is 2.19. The van der Waals surface area contributed by atoms with Crippen LogP contribution in [0.1, 0.15) is 23.1 Å². The van der Waals surface area contributed by atoms with Gasteiger partial charge in [0.05, 0.1) is 6.10 Å². The molecule has 2 aromatic carbocycles. The van der Waals surface area contributed by atoms with Crippen LogP contribution < -0.4 is 10.1 Å². The van der Waals surface area contributed by atoms with E-state index in [4.69, 9.17) is 4.74 Å². The summed E-state index contributed by atoms with van der Waals surface area (Å²) in [5, 5.41) is 13.1. The number of nitrogens with zero attached hydrogens (tertiary/aromatic N) is 1. The number of rotatable bonds is 9. The predicted molar refractivity (Wildman–Crippen MR) is 119 cm³/mol. The van der Waals surface area contributed by atoms with E-state index in [0.29, 0.717) is 25.1 Å². The Morgan fingerprint density at radius 3 is 2.68 bits per heavy atom. The Balaban J connectivity index is 1.41. The zero-order chi connectivity index (χ0) is 22.4. The van der Waals surface area contributed by atoms with Gasteiger partial charge in [-0.15, -0.1) is 0 Å². The number of carbonyl (C=O) groups excluding carboxylic acids is 1.